The Hall–Kier alpha value is -2.30. The van der Waals surface area contributed by atoms with Crippen molar-refractivity contribution in [2.24, 2.45) is 7.05 Å². The van der Waals surface area contributed by atoms with Gasteiger partial charge in [0.05, 0.1) is 6.20 Å². The summed E-state index contributed by atoms with van der Waals surface area (Å²) in [6.07, 6.45) is 5.36. The predicted octanol–water partition coefficient (Wildman–Crippen LogP) is 2.62. The average molecular weight is 287 g/mol. The van der Waals surface area contributed by atoms with E-state index >= 15 is 0 Å². The summed E-state index contributed by atoms with van der Waals surface area (Å²) in [5.74, 6) is 0. The van der Waals surface area contributed by atoms with Gasteiger partial charge in [-0.1, -0.05) is 30.3 Å². The van der Waals surface area contributed by atoms with E-state index in [-0.39, 0.29) is 6.09 Å². The fourth-order valence-corrected chi connectivity index (χ4v) is 2.04. The molecular weight excluding hydrogens is 266 g/mol. The molecule has 5 nitrogen and oxygen atoms in total. The molecule has 0 bridgehead atoms. The Kier molecular flexibility index (Phi) is 5.37. The quantitative estimate of drug-likeness (QED) is 0.820. The van der Waals surface area contributed by atoms with E-state index in [0.29, 0.717) is 13.2 Å². The Morgan fingerprint density at radius 2 is 2.05 bits per heavy atom. The Labute approximate surface area is 125 Å². The zero-order chi connectivity index (χ0) is 15.1. The van der Waals surface area contributed by atoms with Crippen LogP contribution in [0.1, 0.15) is 17.5 Å². The highest BCUT2D eigenvalue weighted by Gasteiger charge is 2.09. The van der Waals surface area contributed by atoms with Crippen molar-refractivity contribution in [1.82, 2.24) is 14.7 Å². The molecule has 0 fully saturated rings. The number of nitrogens with zero attached hydrogens (tertiary/aromatic N) is 3. The van der Waals surface area contributed by atoms with Gasteiger partial charge in [0.1, 0.15) is 6.61 Å². The summed E-state index contributed by atoms with van der Waals surface area (Å²) in [5, 5.41) is 4.12. The average Bonchev–Trinajstić information content (AvgIpc) is 2.91. The molecule has 1 amide bonds. The summed E-state index contributed by atoms with van der Waals surface area (Å²) in [5.41, 5.74) is 2.18. The number of carbonyl (C=O) groups excluding carboxylic acids is 1. The zero-order valence-corrected chi connectivity index (χ0v) is 12.5. The van der Waals surface area contributed by atoms with Gasteiger partial charge >= 0.3 is 6.09 Å². The van der Waals surface area contributed by atoms with Gasteiger partial charge in [0, 0.05) is 26.8 Å². The second-order valence-corrected chi connectivity index (χ2v) is 5.09. The number of ether oxygens (including phenoxy) is 1. The third-order valence-electron chi connectivity index (χ3n) is 3.23. The Balaban J connectivity index is 1.67. The van der Waals surface area contributed by atoms with E-state index in [1.807, 2.05) is 49.8 Å². The third kappa shape index (κ3) is 4.95. The molecule has 1 aromatic carbocycles. The van der Waals surface area contributed by atoms with Gasteiger partial charge in [-0.15, -0.1) is 0 Å². The summed E-state index contributed by atoms with van der Waals surface area (Å²) < 4.78 is 7.05. The molecule has 0 N–H and O–H groups in total. The van der Waals surface area contributed by atoms with Crippen LogP contribution in [0, 0.1) is 0 Å². The van der Waals surface area contributed by atoms with E-state index in [0.717, 1.165) is 18.4 Å². The third-order valence-corrected chi connectivity index (χ3v) is 3.23. The van der Waals surface area contributed by atoms with Gasteiger partial charge in [-0.25, -0.2) is 4.79 Å². The van der Waals surface area contributed by atoms with Crippen LogP contribution in [0.3, 0.4) is 0 Å². The first-order valence-electron chi connectivity index (χ1n) is 7.04. The highest BCUT2D eigenvalue weighted by atomic mass is 16.6. The van der Waals surface area contributed by atoms with Crippen LogP contribution in [-0.4, -0.2) is 34.4 Å². The Morgan fingerprint density at radius 3 is 2.71 bits per heavy atom. The first kappa shape index (κ1) is 15.1. The van der Waals surface area contributed by atoms with Crippen LogP contribution in [-0.2, 0) is 24.8 Å². The summed E-state index contributed by atoms with van der Waals surface area (Å²) in [6, 6.07) is 9.68. The minimum Gasteiger partial charge on any atom is -0.445 e. The molecule has 112 valence electrons. The number of aromatic nitrogens is 2. The molecule has 1 aromatic heterocycles. The molecule has 0 saturated carbocycles. The van der Waals surface area contributed by atoms with Crippen molar-refractivity contribution >= 4 is 6.09 Å². The summed E-state index contributed by atoms with van der Waals surface area (Å²) >= 11 is 0. The summed E-state index contributed by atoms with van der Waals surface area (Å²) in [7, 11) is 3.66. The first-order valence-corrected chi connectivity index (χ1v) is 7.04. The summed E-state index contributed by atoms with van der Waals surface area (Å²) in [6.45, 7) is 0.981. The molecular formula is C16H21N3O2. The molecule has 21 heavy (non-hydrogen) atoms. The number of hydrogen-bond donors (Lipinski definition) is 0. The van der Waals surface area contributed by atoms with Crippen molar-refractivity contribution in [3.05, 3.63) is 53.9 Å². The standard InChI is InChI=1S/C16H21N3O2/c1-18(10-6-9-15-11-17-19(2)12-15)16(20)21-13-14-7-4-3-5-8-14/h3-5,7-8,11-12H,6,9-10,13H2,1-2H3. The molecule has 0 radical (unpaired) electrons. The predicted molar refractivity (Wildman–Crippen MR) is 80.8 cm³/mol. The number of rotatable bonds is 6. The molecule has 0 unspecified atom stereocenters. The number of hydrogen-bond acceptors (Lipinski definition) is 3. The second-order valence-electron chi connectivity index (χ2n) is 5.09. The highest BCUT2D eigenvalue weighted by molar-refractivity contribution is 5.67. The molecule has 1 heterocycles. The van der Waals surface area contributed by atoms with E-state index in [1.54, 1.807) is 16.6 Å². The van der Waals surface area contributed by atoms with Crippen LogP contribution in [0.15, 0.2) is 42.7 Å². The fourth-order valence-electron chi connectivity index (χ4n) is 2.04. The molecule has 0 aliphatic rings. The van der Waals surface area contributed by atoms with Crippen molar-refractivity contribution in [1.29, 1.82) is 0 Å². The topological polar surface area (TPSA) is 47.4 Å². The maximum absolute atomic E-state index is 11.9. The van der Waals surface area contributed by atoms with Gasteiger partial charge in [0.15, 0.2) is 0 Å². The van der Waals surface area contributed by atoms with Crippen LogP contribution in [0.25, 0.3) is 0 Å². The minimum absolute atomic E-state index is 0.287. The molecule has 0 saturated heterocycles. The minimum atomic E-state index is -0.287. The lowest BCUT2D eigenvalue weighted by molar-refractivity contribution is 0.104. The van der Waals surface area contributed by atoms with Gasteiger partial charge in [-0.05, 0) is 24.0 Å². The van der Waals surface area contributed by atoms with Crippen molar-refractivity contribution < 1.29 is 9.53 Å². The van der Waals surface area contributed by atoms with E-state index in [2.05, 4.69) is 5.10 Å². The largest absolute Gasteiger partial charge is 0.445 e. The van der Waals surface area contributed by atoms with Crippen LogP contribution in [0.4, 0.5) is 4.79 Å². The Bertz CT molecular complexity index is 566. The number of carbonyl (C=O) groups is 1. The number of amides is 1. The van der Waals surface area contributed by atoms with Crippen molar-refractivity contribution in [3.8, 4) is 0 Å². The van der Waals surface area contributed by atoms with E-state index in [4.69, 9.17) is 4.74 Å². The lowest BCUT2D eigenvalue weighted by atomic mass is 10.2. The van der Waals surface area contributed by atoms with Gasteiger partial charge in [0.2, 0.25) is 0 Å². The first-order chi connectivity index (χ1) is 10.1. The highest BCUT2D eigenvalue weighted by Crippen LogP contribution is 2.05. The molecule has 2 rings (SSSR count). The van der Waals surface area contributed by atoms with E-state index in [9.17, 15) is 4.79 Å². The normalized spacial score (nSPS) is 10.4. The van der Waals surface area contributed by atoms with Gasteiger partial charge in [-0.2, -0.15) is 5.10 Å². The van der Waals surface area contributed by atoms with E-state index in [1.165, 1.54) is 5.56 Å². The molecule has 0 aliphatic carbocycles. The SMILES string of the molecule is CN(CCCc1cnn(C)c1)C(=O)OCc1ccccc1. The maximum Gasteiger partial charge on any atom is 0.409 e. The molecule has 2 aromatic rings. The smallest absolute Gasteiger partial charge is 0.409 e. The maximum atomic E-state index is 11.9. The van der Waals surface area contributed by atoms with Crippen LogP contribution in [0.5, 0.6) is 0 Å². The molecule has 0 aliphatic heterocycles. The monoisotopic (exact) mass is 287 g/mol. The van der Waals surface area contributed by atoms with E-state index < -0.39 is 0 Å². The van der Waals surface area contributed by atoms with Crippen molar-refractivity contribution in [3.63, 3.8) is 0 Å². The van der Waals surface area contributed by atoms with Crippen molar-refractivity contribution in [2.75, 3.05) is 13.6 Å². The van der Waals surface area contributed by atoms with Gasteiger partial charge in [0.25, 0.3) is 0 Å². The molecule has 0 spiro atoms. The fraction of sp³-hybridized carbons (Fsp3) is 0.375. The van der Waals surface area contributed by atoms with Gasteiger partial charge in [-0.3, -0.25) is 4.68 Å². The van der Waals surface area contributed by atoms with Crippen LogP contribution in [0.2, 0.25) is 0 Å². The number of benzene rings is 1. The van der Waals surface area contributed by atoms with Gasteiger partial charge < -0.3 is 9.64 Å². The number of aryl methyl sites for hydroxylation is 2. The lowest BCUT2D eigenvalue weighted by Crippen LogP contribution is -2.28. The summed E-state index contributed by atoms with van der Waals surface area (Å²) in [4.78, 5) is 13.5. The second kappa shape index (κ2) is 7.47. The lowest BCUT2D eigenvalue weighted by Gasteiger charge is -2.16. The molecule has 5 heteroatoms. The zero-order valence-electron chi connectivity index (χ0n) is 12.5. The van der Waals surface area contributed by atoms with Crippen LogP contribution < -0.4 is 0 Å². The Morgan fingerprint density at radius 1 is 1.29 bits per heavy atom. The van der Waals surface area contributed by atoms with Crippen molar-refractivity contribution in [2.45, 2.75) is 19.4 Å². The van der Waals surface area contributed by atoms with Crippen LogP contribution >= 0.6 is 0 Å². The molecule has 0 atom stereocenters.